The second-order valence-corrected chi connectivity index (χ2v) is 19.7. The van der Waals surface area contributed by atoms with Crippen molar-refractivity contribution in [1.82, 2.24) is 0 Å². The van der Waals surface area contributed by atoms with Crippen molar-refractivity contribution in [3.8, 4) is 22.3 Å². The molecule has 0 N–H and O–H groups in total. The zero-order valence-electron chi connectivity index (χ0n) is 24.1. The second kappa shape index (κ2) is 15.7. The maximum Gasteiger partial charge on any atom is -0.0250 e. The monoisotopic (exact) mass is 656 g/mol. The van der Waals surface area contributed by atoms with Crippen LogP contribution < -0.4 is 24.8 Å². The van der Waals surface area contributed by atoms with Crippen LogP contribution in [0.4, 0.5) is 0 Å². The van der Waals surface area contributed by atoms with E-state index in [1.807, 2.05) is 0 Å². The molecule has 0 saturated heterocycles. The Morgan fingerprint density at radius 2 is 0.825 bits per heavy atom. The molecule has 0 aliphatic rings. The van der Waals surface area contributed by atoms with Crippen molar-refractivity contribution < 1.29 is 48.1 Å². The average Bonchev–Trinajstić information content (AvgIpc) is 3.45. The van der Waals surface area contributed by atoms with Crippen molar-refractivity contribution in [3.63, 3.8) is 0 Å². The molecule has 0 atom stereocenters. The Balaban J connectivity index is 0.000000237. The molecule has 40 heavy (non-hydrogen) atoms. The second-order valence-electron chi connectivity index (χ2n) is 10.3. The van der Waals surface area contributed by atoms with E-state index in [0.717, 1.165) is 0 Å². The Hall–Kier alpha value is -2.22. The van der Waals surface area contributed by atoms with Crippen LogP contribution >= 0.6 is 0 Å². The van der Waals surface area contributed by atoms with Gasteiger partial charge in [-0.15, -0.1) is 69.1 Å². The fraction of sp³-hybridized carbons (Fsp3) is 0.167. The molecule has 0 aliphatic heterocycles. The molecule has 6 aromatic carbocycles. The fourth-order valence-electron chi connectivity index (χ4n) is 4.99. The minimum Gasteiger partial charge on any atom is -1.00 e. The molecule has 0 aliphatic carbocycles. The molecule has 204 valence electrons. The number of fused-ring (bicyclic) bond motifs is 2. The molecular formula is C36H36Cl2SiZr-2. The first-order chi connectivity index (χ1) is 18.2. The van der Waals surface area contributed by atoms with Gasteiger partial charge in [-0.25, -0.2) is 0 Å². The van der Waals surface area contributed by atoms with E-state index in [2.05, 4.69) is 150 Å². The van der Waals surface area contributed by atoms with Gasteiger partial charge in [-0.05, 0) is 36.1 Å². The summed E-state index contributed by atoms with van der Waals surface area (Å²) in [5, 5.41) is 5.39. The molecule has 0 radical (unpaired) electrons. The smallest absolute Gasteiger partial charge is 0.0250 e. The van der Waals surface area contributed by atoms with Gasteiger partial charge in [0.05, 0.1) is 0 Å². The molecule has 0 fully saturated rings. The maximum absolute atomic E-state index is 2.31. The van der Waals surface area contributed by atoms with Crippen LogP contribution in [0.15, 0.2) is 109 Å². The Labute approximate surface area is 267 Å². The van der Waals surface area contributed by atoms with E-state index in [-0.39, 0.29) is 30.2 Å². The predicted molar refractivity (Wildman–Crippen MR) is 166 cm³/mol. The summed E-state index contributed by atoms with van der Waals surface area (Å²) >= 11 is 1.74. The fourth-order valence-corrected chi connectivity index (χ4v) is 4.99. The maximum atomic E-state index is 2.31. The molecule has 0 saturated carbocycles. The van der Waals surface area contributed by atoms with E-state index in [4.69, 9.17) is 0 Å². The van der Waals surface area contributed by atoms with Crippen molar-refractivity contribution in [2.24, 2.45) is 0 Å². The molecule has 0 aromatic heterocycles. The third-order valence-electron chi connectivity index (χ3n) is 6.66. The van der Waals surface area contributed by atoms with Gasteiger partial charge in [-0.3, -0.25) is 0 Å². The molecule has 0 spiro atoms. The Morgan fingerprint density at radius 1 is 0.500 bits per heavy atom. The zero-order valence-corrected chi connectivity index (χ0v) is 29.1. The van der Waals surface area contributed by atoms with E-state index in [0.29, 0.717) is 0 Å². The normalized spacial score (nSPS) is 10.0. The average molecular weight is 659 g/mol. The molecular weight excluding hydrogens is 623 g/mol. The van der Waals surface area contributed by atoms with Crippen LogP contribution in [0.5, 0.6) is 0 Å². The Bertz CT molecular complexity index is 1580. The van der Waals surface area contributed by atoms with E-state index in [9.17, 15) is 0 Å². The summed E-state index contributed by atoms with van der Waals surface area (Å²) in [6.45, 7) is 13.3. The van der Waals surface area contributed by atoms with Crippen molar-refractivity contribution >= 4 is 27.0 Å². The molecule has 6 aromatic rings. The number of benzene rings is 4. The van der Waals surface area contributed by atoms with E-state index >= 15 is 0 Å². The number of rotatable bonds is 2. The van der Waals surface area contributed by atoms with Gasteiger partial charge in [0.1, 0.15) is 0 Å². The van der Waals surface area contributed by atoms with Crippen LogP contribution in [0.25, 0.3) is 43.8 Å². The number of hydrogen-bond acceptors (Lipinski definition) is 0. The van der Waals surface area contributed by atoms with Gasteiger partial charge >= 0.3 is 41.9 Å². The van der Waals surface area contributed by atoms with Gasteiger partial charge in [-0.1, -0.05) is 85.6 Å². The first-order valence-corrected chi connectivity index (χ1v) is 19.4. The predicted octanol–water partition coefficient (Wildman–Crippen LogP) is 4.48. The van der Waals surface area contributed by atoms with Crippen molar-refractivity contribution in [2.45, 2.75) is 40.8 Å². The number of aryl methyl sites for hydroxylation is 4. The van der Waals surface area contributed by atoms with Crippen LogP contribution in [0.1, 0.15) is 22.3 Å². The Kier molecular flexibility index (Phi) is 13.3. The van der Waals surface area contributed by atoms with Gasteiger partial charge in [0.15, 0.2) is 0 Å². The minimum atomic E-state index is 0. The molecule has 0 amide bonds. The standard InChI is InChI=1S/2C17H15.C2H6Si.2ClH.Zr/c2*1-12-10-14-7-5-9-16(17(14)11-12)15-8-4-3-6-13(15)2;1-3-2;;;/h2*3-11H,1-2H3;1-2H3;2*1H;/q2*-1;;;;+2/p-2. The minimum absolute atomic E-state index is 0. The van der Waals surface area contributed by atoms with Crippen LogP contribution in [-0.2, 0) is 23.3 Å². The van der Waals surface area contributed by atoms with Crippen LogP contribution in [-0.4, -0.2) is 5.43 Å². The third-order valence-corrected chi connectivity index (χ3v) is 6.66. The largest absolute Gasteiger partial charge is 1.00 e. The van der Waals surface area contributed by atoms with E-state index in [1.165, 1.54) is 66.1 Å². The summed E-state index contributed by atoms with van der Waals surface area (Å²) in [6.07, 6.45) is 0. The van der Waals surface area contributed by atoms with Gasteiger partial charge in [0, 0.05) is 0 Å². The summed E-state index contributed by atoms with van der Waals surface area (Å²) in [5.74, 6) is 0. The van der Waals surface area contributed by atoms with Crippen LogP contribution in [0.2, 0.25) is 13.1 Å². The number of hydrogen-bond donors (Lipinski definition) is 0. The van der Waals surface area contributed by atoms with Crippen molar-refractivity contribution in [1.29, 1.82) is 0 Å². The van der Waals surface area contributed by atoms with Gasteiger partial charge in [-0.2, -0.15) is 12.1 Å². The van der Waals surface area contributed by atoms with Crippen LogP contribution in [0.3, 0.4) is 0 Å². The zero-order chi connectivity index (χ0) is 27.2. The number of halogens is 2. The topological polar surface area (TPSA) is 0 Å². The SMILES string of the molecule is C[Si](C)=[Zr+2].Cc1cc2c(-c3ccccc3C)cccc2[cH-]1.Cc1cc2c(-c3ccccc3C)cccc2[cH-]1.[Cl-].[Cl-]. The van der Waals surface area contributed by atoms with Gasteiger partial charge in [0.2, 0.25) is 0 Å². The molecule has 0 heterocycles. The van der Waals surface area contributed by atoms with Crippen LogP contribution in [0, 0.1) is 27.7 Å². The quantitative estimate of drug-likeness (QED) is 0.190. The molecule has 0 unspecified atom stereocenters. The summed E-state index contributed by atoms with van der Waals surface area (Å²) in [6, 6.07) is 39.3. The molecule has 4 heteroatoms. The van der Waals surface area contributed by atoms with Gasteiger partial charge < -0.3 is 24.8 Å². The first kappa shape index (κ1) is 34.0. The molecule has 0 bridgehead atoms. The summed E-state index contributed by atoms with van der Waals surface area (Å²) in [5.41, 5.74) is 10.9. The summed E-state index contributed by atoms with van der Waals surface area (Å²) in [4.78, 5) is 0. The van der Waals surface area contributed by atoms with Crippen molar-refractivity contribution in [2.75, 3.05) is 0 Å². The first-order valence-electron chi connectivity index (χ1n) is 13.2. The van der Waals surface area contributed by atoms with Crippen molar-refractivity contribution in [3.05, 3.63) is 131 Å². The third kappa shape index (κ3) is 8.40. The Morgan fingerprint density at radius 3 is 1.18 bits per heavy atom. The van der Waals surface area contributed by atoms with E-state index < -0.39 is 0 Å². The summed E-state index contributed by atoms with van der Waals surface area (Å²) < 4.78 is 0. The summed E-state index contributed by atoms with van der Waals surface area (Å²) in [7, 11) is 0. The molecule has 0 nitrogen and oxygen atoms in total. The molecule has 6 rings (SSSR count). The van der Waals surface area contributed by atoms with Gasteiger partial charge in [0.25, 0.3) is 0 Å². The van der Waals surface area contributed by atoms with E-state index in [1.54, 1.807) is 23.3 Å².